The average molecular weight is 409 g/mol. The van der Waals surface area contributed by atoms with Crippen LogP contribution in [0.15, 0.2) is 23.8 Å². The van der Waals surface area contributed by atoms with Crippen LogP contribution in [0.4, 0.5) is 0 Å². The van der Waals surface area contributed by atoms with Gasteiger partial charge < -0.3 is 15.3 Å². The van der Waals surface area contributed by atoms with Crippen molar-refractivity contribution in [2.75, 3.05) is 6.61 Å². The van der Waals surface area contributed by atoms with Gasteiger partial charge in [-0.2, -0.15) is 0 Å². The van der Waals surface area contributed by atoms with E-state index < -0.39 is 39.8 Å². The third-order valence-corrected chi connectivity index (χ3v) is 9.72. The van der Waals surface area contributed by atoms with Crippen molar-refractivity contribution < 1.29 is 24.9 Å². The molecule has 0 amide bonds. The molecule has 0 aromatic rings. The molecule has 0 aromatic carbocycles. The lowest BCUT2D eigenvalue weighted by atomic mass is 9.45. The third-order valence-electron chi connectivity index (χ3n) is 8.79. The van der Waals surface area contributed by atoms with Gasteiger partial charge in [0.2, 0.25) is 0 Å². The summed E-state index contributed by atoms with van der Waals surface area (Å²) in [4.78, 5) is 23.5. The predicted octanol–water partition coefficient (Wildman–Crippen LogP) is 2.17. The maximum atomic E-state index is 12.6. The Balaban J connectivity index is 1.84. The number of ketones is 2. The first-order chi connectivity index (χ1) is 13.0. The van der Waals surface area contributed by atoms with Crippen molar-refractivity contribution >= 4 is 23.2 Å². The summed E-state index contributed by atoms with van der Waals surface area (Å²) in [7, 11) is 0. The Bertz CT molecular complexity index is 805. The summed E-state index contributed by atoms with van der Waals surface area (Å²) >= 11 is 7.30. The summed E-state index contributed by atoms with van der Waals surface area (Å²) in [5.41, 5.74) is -2.25. The van der Waals surface area contributed by atoms with E-state index in [1.54, 1.807) is 6.08 Å². The number of carbonyl (C=O) groups is 2. The molecule has 0 saturated heterocycles. The Kier molecular flexibility index (Phi) is 4.35. The van der Waals surface area contributed by atoms with Crippen molar-refractivity contribution in [2.24, 2.45) is 28.6 Å². The number of aliphatic hydroxyl groups is 3. The van der Waals surface area contributed by atoms with Crippen molar-refractivity contribution in [3.8, 4) is 0 Å². The molecule has 8 atom stereocenters. The summed E-state index contributed by atoms with van der Waals surface area (Å²) < 4.78 is 0. The normalized spacial score (nSPS) is 52.5. The molecule has 0 bridgehead atoms. The maximum absolute atomic E-state index is 12.6. The number of rotatable bonds is 2. The molecule has 6 heteroatoms. The van der Waals surface area contributed by atoms with Crippen LogP contribution in [0.5, 0.6) is 0 Å². The van der Waals surface area contributed by atoms with E-state index in [2.05, 4.69) is 0 Å². The van der Waals surface area contributed by atoms with Gasteiger partial charge in [-0.05, 0) is 55.6 Å². The summed E-state index contributed by atoms with van der Waals surface area (Å²) in [6.45, 7) is 4.97. The molecule has 0 heterocycles. The van der Waals surface area contributed by atoms with E-state index in [-0.39, 0.29) is 30.0 Å². The van der Waals surface area contributed by atoms with Crippen molar-refractivity contribution in [2.45, 2.75) is 63.0 Å². The number of aliphatic hydroxyl groups excluding tert-OH is 2. The third kappa shape index (κ3) is 2.09. The second-order valence-corrected chi connectivity index (χ2v) is 10.4. The van der Waals surface area contributed by atoms with Crippen molar-refractivity contribution in [3.63, 3.8) is 0 Å². The summed E-state index contributed by atoms with van der Waals surface area (Å²) in [6.07, 6.45) is 6.22. The lowest BCUT2D eigenvalue weighted by molar-refractivity contribution is -0.179. The highest BCUT2D eigenvalue weighted by atomic mass is 35.5. The highest BCUT2D eigenvalue weighted by Gasteiger charge is 2.74. The molecule has 3 saturated carbocycles. The average Bonchev–Trinajstić information content (AvgIpc) is 2.84. The first-order valence-corrected chi connectivity index (χ1v) is 10.5. The number of fused-ring (bicyclic) bond motifs is 5. The number of carbonyl (C=O) groups excluding carboxylic acids is 2. The molecule has 3 N–H and O–H groups in total. The fraction of sp³-hybridized carbons (Fsp3) is 0.727. The Morgan fingerprint density at radius 3 is 2.64 bits per heavy atom. The van der Waals surface area contributed by atoms with Crippen LogP contribution in [0, 0.1) is 28.6 Å². The van der Waals surface area contributed by atoms with Crippen molar-refractivity contribution in [1.82, 2.24) is 0 Å². The number of hydrogen-bond donors (Lipinski definition) is 3. The predicted molar refractivity (Wildman–Crippen MR) is 105 cm³/mol. The molecule has 0 aliphatic heterocycles. The zero-order valence-electron chi connectivity index (χ0n) is 16.6. The van der Waals surface area contributed by atoms with Gasteiger partial charge in [0.05, 0.1) is 11.0 Å². The van der Waals surface area contributed by atoms with Crippen LogP contribution in [0.25, 0.3) is 0 Å². The molecule has 4 rings (SSSR count). The molecule has 4 aliphatic carbocycles. The van der Waals surface area contributed by atoms with Crippen LogP contribution in [0.3, 0.4) is 0 Å². The molecule has 0 spiro atoms. The summed E-state index contributed by atoms with van der Waals surface area (Å²) in [5, 5.41) is 32.3. The molecular weight excluding hydrogens is 380 g/mol. The topological polar surface area (TPSA) is 94.8 Å². The zero-order valence-corrected chi connectivity index (χ0v) is 17.4. The van der Waals surface area contributed by atoms with E-state index in [0.29, 0.717) is 19.3 Å². The van der Waals surface area contributed by atoms with Crippen LogP contribution in [-0.2, 0) is 9.59 Å². The van der Waals surface area contributed by atoms with E-state index in [9.17, 15) is 24.9 Å². The number of alkyl halides is 1. The fourth-order valence-electron chi connectivity index (χ4n) is 7.26. The monoisotopic (exact) mass is 408 g/mol. The number of hydrogen-bond acceptors (Lipinski definition) is 5. The van der Waals surface area contributed by atoms with Crippen molar-refractivity contribution in [3.05, 3.63) is 23.8 Å². The molecule has 5 nitrogen and oxygen atoms in total. The van der Waals surface area contributed by atoms with Gasteiger partial charge >= 0.3 is 0 Å². The van der Waals surface area contributed by atoms with Crippen LogP contribution in [0.2, 0.25) is 0 Å². The lowest BCUT2D eigenvalue weighted by Crippen LogP contribution is -2.69. The van der Waals surface area contributed by atoms with Gasteiger partial charge in [-0.15, -0.1) is 11.6 Å². The highest BCUT2D eigenvalue weighted by Crippen LogP contribution is 2.71. The van der Waals surface area contributed by atoms with Crippen LogP contribution in [-0.4, -0.2) is 50.1 Å². The highest BCUT2D eigenvalue weighted by molar-refractivity contribution is 6.26. The molecule has 0 unspecified atom stereocenters. The molecular formula is C22H29ClO5. The minimum atomic E-state index is -1.68. The number of allylic oxidation sites excluding steroid dienone is 4. The zero-order chi connectivity index (χ0) is 20.7. The Labute approximate surface area is 170 Å². The van der Waals surface area contributed by atoms with Gasteiger partial charge in [0.25, 0.3) is 0 Å². The van der Waals surface area contributed by atoms with E-state index in [4.69, 9.17) is 11.6 Å². The second kappa shape index (κ2) is 6.00. The lowest BCUT2D eigenvalue weighted by Gasteiger charge is -2.63. The minimum absolute atomic E-state index is 0.0567. The summed E-state index contributed by atoms with van der Waals surface area (Å²) in [5.74, 6) is -1.15. The first kappa shape index (κ1) is 20.3. The SMILES string of the molecule is C[C@H]1C[C@@H]2[C@H]3CCC4=CC(=O)C=C[C@]4(C)[C@]3(Cl)[C@H](O)C[C@]2(C)[C@]1(O)C(=O)CO. The number of halogens is 1. The van der Waals surface area contributed by atoms with Gasteiger partial charge in [-0.1, -0.05) is 32.4 Å². The Hall–Kier alpha value is -1.01. The fourth-order valence-corrected chi connectivity index (χ4v) is 7.78. The van der Waals surface area contributed by atoms with Gasteiger partial charge in [0.1, 0.15) is 12.2 Å². The first-order valence-electron chi connectivity index (χ1n) is 10.1. The molecule has 3 fully saturated rings. The van der Waals surface area contributed by atoms with Crippen LogP contribution in [0.1, 0.15) is 46.5 Å². The van der Waals surface area contributed by atoms with Gasteiger partial charge in [0.15, 0.2) is 11.6 Å². The number of Topliss-reactive ketones (excluding diaryl/α,β-unsaturated/α-hetero) is 1. The van der Waals surface area contributed by atoms with E-state index in [1.165, 1.54) is 6.08 Å². The van der Waals surface area contributed by atoms with Gasteiger partial charge in [-0.25, -0.2) is 0 Å². The van der Waals surface area contributed by atoms with Gasteiger partial charge in [-0.3, -0.25) is 9.59 Å². The van der Waals surface area contributed by atoms with E-state index >= 15 is 0 Å². The smallest absolute Gasteiger partial charge is 0.190 e. The molecule has 0 aromatic heterocycles. The van der Waals surface area contributed by atoms with Crippen LogP contribution >= 0.6 is 11.6 Å². The standard InChI is InChI=1S/C22H29ClO5/c1-12-8-16-15-5-4-13-9-14(25)6-7-19(13,2)21(15,23)17(26)10-20(16,3)22(12,28)18(27)11-24/h6-7,9,12,15-17,24,26,28H,4-5,8,10-11H2,1-3H3/t12-,15+,16+,17+,19-,20-,21+,22+/m0/s1. The minimum Gasteiger partial charge on any atom is -0.391 e. The van der Waals surface area contributed by atoms with Gasteiger partial charge in [0, 0.05) is 10.8 Å². The molecule has 4 aliphatic rings. The van der Waals surface area contributed by atoms with Crippen LogP contribution < -0.4 is 0 Å². The molecule has 154 valence electrons. The Morgan fingerprint density at radius 2 is 2.00 bits per heavy atom. The Morgan fingerprint density at radius 1 is 1.32 bits per heavy atom. The maximum Gasteiger partial charge on any atom is 0.190 e. The largest absolute Gasteiger partial charge is 0.391 e. The van der Waals surface area contributed by atoms with E-state index in [0.717, 1.165) is 5.57 Å². The summed E-state index contributed by atoms with van der Waals surface area (Å²) in [6, 6.07) is 0. The molecule has 0 radical (unpaired) electrons. The quantitative estimate of drug-likeness (QED) is 0.608. The second-order valence-electron chi connectivity index (χ2n) is 9.75. The van der Waals surface area contributed by atoms with E-state index in [1.807, 2.05) is 26.8 Å². The van der Waals surface area contributed by atoms with Crippen molar-refractivity contribution in [1.29, 1.82) is 0 Å². The molecule has 28 heavy (non-hydrogen) atoms.